The summed E-state index contributed by atoms with van der Waals surface area (Å²) in [5, 5.41) is 12.9. The van der Waals surface area contributed by atoms with Crippen molar-refractivity contribution < 1.29 is 18.7 Å². The fraction of sp³-hybridized carbons (Fsp3) is 0.333. The maximum atomic E-state index is 14.7. The Morgan fingerprint density at radius 3 is 2.96 bits per heavy atom. The van der Waals surface area contributed by atoms with Gasteiger partial charge in [0, 0.05) is 0 Å². The molecule has 0 radical (unpaired) electrons. The molecular weight excluding hydrogens is 324 g/mol. The molecule has 1 heterocycles. The van der Waals surface area contributed by atoms with Crippen LogP contribution in [0.4, 0.5) is 14.5 Å². The molecule has 1 aromatic heterocycles. The lowest BCUT2D eigenvalue weighted by atomic mass is 9.85. The number of hydrogen-bond acceptors (Lipinski definition) is 5. The summed E-state index contributed by atoms with van der Waals surface area (Å²) in [5.74, 6) is -2.21. The van der Waals surface area contributed by atoms with Gasteiger partial charge in [0.15, 0.2) is 11.5 Å². The number of carboxylic acid groups (broad SMARTS) is 1. The van der Waals surface area contributed by atoms with Crippen molar-refractivity contribution in [2.24, 2.45) is 10.9 Å². The number of fused-ring (bicyclic) bond motifs is 1. The van der Waals surface area contributed by atoms with Gasteiger partial charge >= 0.3 is 5.97 Å². The second-order valence-electron chi connectivity index (χ2n) is 5.75. The first-order valence-electron chi connectivity index (χ1n) is 6.94. The van der Waals surface area contributed by atoms with Crippen molar-refractivity contribution in [3.8, 4) is 0 Å². The van der Waals surface area contributed by atoms with Gasteiger partial charge in [-0.1, -0.05) is 17.5 Å². The highest BCUT2D eigenvalue weighted by atomic mass is 32.1. The highest BCUT2D eigenvalue weighted by Crippen LogP contribution is 2.35. The molecule has 23 heavy (non-hydrogen) atoms. The molecule has 5 nitrogen and oxygen atoms in total. The quantitative estimate of drug-likeness (QED) is 0.901. The molecule has 2 aromatic rings. The Balaban J connectivity index is 2.25. The molecule has 1 N–H and O–H groups in total. The van der Waals surface area contributed by atoms with Gasteiger partial charge in [-0.2, -0.15) is 0 Å². The first-order chi connectivity index (χ1) is 10.8. The molecule has 0 fully saturated rings. The zero-order valence-corrected chi connectivity index (χ0v) is 13.2. The zero-order chi connectivity index (χ0) is 16.8. The lowest BCUT2D eigenvalue weighted by molar-refractivity contribution is 0.0697. The van der Waals surface area contributed by atoms with Crippen molar-refractivity contribution >= 4 is 39.1 Å². The molecule has 0 amide bonds. The van der Waals surface area contributed by atoms with Crippen molar-refractivity contribution in [2.45, 2.75) is 25.9 Å². The minimum atomic E-state index is -1.76. The van der Waals surface area contributed by atoms with Crippen molar-refractivity contribution in [3.63, 3.8) is 0 Å². The monoisotopic (exact) mass is 337 g/mol. The Hall–Kier alpha value is -2.22. The number of aliphatic imine (C=N–C) groups is 1. The number of nitrogens with zero attached hydrogens (tertiary/aromatic N) is 3. The fourth-order valence-electron chi connectivity index (χ4n) is 2.63. The van der Waals surface area contributed by atoms with E-state index < -0.39 is 23.1 Å². The first kappa shape index (κ1) is 15.7. The van der Waals surface area contributed by atoms with Crippen molar-refractivity contribution in [1.29, 1.82) is 0 Å². The summed E-state index contributed by atoms with van der Waals surface area (Å²) < 4.78 is 33.2. The van der Waals surface area contributed by atoms with Gasteiger partial charge in [-0.05, 0) is 42.9 Å². The molecule has 1 aromatic carbocycles. The molecule has 2 unspecified atom stereocenters. The van der Waals surface area contributed by atoms with Crippen LogP contribution >= 0.6 is 11.5 Å². The topological polar surface area (TPSA) is 75.4 Å². The van der Waals surface area contributed by atoms with Crippen molar-refractivity contribution in [3.05, 3.63) is 29.6 Å². The summed E-state index contributed by atoms with van der Waals surface area (Å²) in [5.41, 5.74) is -2.58. The van der Waals surface area contributed by atoms with E-state index in [1.165, 1.54) is 19.1 Å². The molecule has 1 aliphatic rings. The van der Waals surface area contributed by atoms with Crippen LogP contribution in [0.3, 0.4) is 0 Å². The van der Waals surface area contributed by atoms with Gasteiger partial charge < -0.3 is 5.11 Å². The zero-order valence-electron chi connectivity index (χ0n) is 12.4. The van der Waals surface area contributed by atoms with Crippen LogP contribution in [0.15, 0.2) is 23.2 Å². The molecule has 1 aliphatic carbocycles. The number of alkyl halides is 1. The second kappa shape index (κ2) is 5.45. The van der Waals surface area contributed by atoms with Gasteiger partial charge in [-0.25, -0.2) is 18.6 Å². The van der Waals surface area contributed by atoms with Gasteiger partial charge in [0.25, 0.3) is 0 Å². The third-order valence-electron chi connectivity index (χ3n) is 3.74. The fourth-order valence-corrected chi connectivity index (χ4v) is 3.23. The summed E-state index contributed by atoms with van der Waals surface area (Å²) in [7, 11) is 0. The number of carboxylic acids is 1. The number of halogens is 2. The Morgan fingerprint density at radius 2 is 2.30 bits per heavy atom. The van der Waals surface area contributed by atoms with E-state index in [2.05, 4.69) is 14.6 Å². The van der Waals surface area contributed by atoms with Crippen LogP contribution in [0.1, 0.15) is 30.6 Å². The van der Waals surface area contributed by atoms with E-state index >= 15 is 0 Å². The maximum absolute atomic E-state index is 14.7. The Labute approximate surface area is 134 Å². The van der Waals surface area contributed by atoms with Gasteiger partial charge in [-0.3, -0.25) is 0 Å². The van der Waals surface area contributed by atoms with E-state index in [0.717, 1.165) is 11.5 Å². The van der Waals surface area contributed by atoms with Crippen LogP contribution in [0, 0.1) is 11.7 Å². The van der Waals surface area contributed by atoms with E-state index in [1.54, 1.807) is 6.08 Å². The van der Waals surface area contributed by atoms with Gasteiger partial charge in [0.05, 0.1) is 16.0 Å². The van der Waals surface area contributed by atoms with Crippen LogP contribution in [0.2, 0.25) is 0 Å². The normalized spacial score (nSPS) is 26.1. The van der Waals surface area contributed by atoms with Crippen LogP contribution in [-0.4, -0.2) is 32.0 Å². The molecule has 3 rings (SSSR count). The van der Waals surface area contributed by atoms with E-state index in [4.69, 9.17) is 0 Å². The number of aromatic nitrogens is 2. The Morgan fingerprint density at radius 1 is 1.57 bits per heavy atom. The Kier molecular flexibility index (Phi) is 3.71. The number of carbonyl (C=O) groups is 1. The number of allylic oxidation sites excluding steroid dienone is 2. The summed E-state index contributed by atoms with van der Waals surface area (Å²) in [6.45, 7) is 3.22. The number of rotatable bonds is 2. The number of benzene rings is 1. The van der Waals surface area contributed by atoms with Gasteiger partial charge in [-0.15, -0.1) is 5.10 Å². The largest absolute Gasteiger partial charge is 0.478 e. The molecule has 8 heteroatoms. The number of aromatic carboxylic acids is 1. The summed E-state index contributed by atoms with van der Waals surface area (Å²) >= 11 is 0.887. The lowest BCUT2D eigenvalue weighted by Crippen LogP contribution is -2.33. The molecule has 0 bridgehead atoms. The predicted octanol–water partition coefficient (Wildman–Crippen LogP) is 3.93. The molecular formula is C15H13F2N3O2S. The second-order valence-corrected chi connectivity index (χ2v) is 6.53. The van der Waals surface area contributed by atoms with Gasteiger partial charge in [0.1, 0.15) is 11.2 Å². The van der Waals surface area contributed by atoms with E-state index in [9.17, 15) is 18.7 Å². The third-order valence-corrected chi connectivity index (χ3v) is 4.42. The highest BCUT2D eigenvalue weighted by Gasteiger charge is 2.34. The van der Waals surface area contributed by atoms with Gasteiger partial charge in [0.2, 0.25) is 0 Å². The summed E-state index contributed by atoms with van der Waals surface area (Å²) in [6, 6.07) is 1.26. The van der Waals surface area contributed by atoms with Crippen molar-refractivity contribution in [1.82, 2.24) is 9.59 Å². The van der Waals surface area contributed by atoms with Crippen LogP contribution in [-0.2, 0) is 0 Å². The first-order valence-corrected chi connectivity index (χ1v) is 7.71. The smallest absolute Gasteiger partial charge is 0.338 e. The van der Waals surface area contributed by atoms with Crippen LogP contribution in [0.5, 0.6) is 0 Å². The predicted molar refractivity (Wildman–Crippen MR) is 83.9 cm³/mol. The maximum Gasteiger partial charge on any atom is 0.338 e. The molecule has 0 spiro atoms. The molecule has 0 saturated carbocycles. The summed E-state index contributed by atoms with van der Waals surface area (Å²) in [4.78, 5) is 15.4. The lowest BCUT2D eigenvalue weighted by Gasteiger charge is -2.27. The molecule has 0 saturated heterocycles. The SMILES string of the molecule is CC1C=CC(=Nc2c(C(=O)O)cc3snnc3c2F)C(C)(F)C1. The molecule has 2 atom stereocenters. The average Bonchev–Trinajstić information content (AvgIpc) is 2.91. The van der Waals surface area contributed by atoms with Crippen LogP contribution in [0.25, 0.3) is 10.2 Å². The molecule has 120 valence electrons. The standard InChI is InChI=1S/C15H13F2N3O2S/c1-7-3-4-10(15(2,17)6-7)18-12-8(14(21)22)5-9-13(11(12)16)19-20-23-9/h3-5,7H,6H2,1-2H3,(H,21,22). The average molecular weight is 337 g/mol. The van der Waals surface area contributed by atoms with E-state index in [0.29, 0.717) is 4.70 Å². The number of hydrogen-bond donors (Lipinski definition) is 1. The van der Waals surface area contributed by atoms with E-state index in [-0.39, 0.29) is 29.1 Å². The minimum absolute atomic E-state index is 0.000427. The highest BCUT2D eigenvalue weighted by molar-refractivity contribution is 7.13. The van der Waals surface area contributed by atoms with Crippen LogP contribution < -0.4 is 0 Å². The third kappa shape index (κ3) is 2.74. The Bertz CT molecular complexity index is 858. The molecule has 0 aliphatic heterocycles. The van der Waals surface area contributed by atoms with Crippen molar-refractivity contribution in [2.75, 3.05) is 0 Å². The van der Waals surface area contributed by atoms with E-state index in [1.807, 2.05) is 6.92 Å². The summed E-state index contributed by atoms with van der Waals surface area (Å²) in [6.07, 6.45) is 3.44. The minimum Gasteiger partial charge on any atom is -0.478 e.